The first-order chi connectivity index (χ1) is 8.81. The van der Waals surface area contributed by atoms with Crippen molar-refractivity contribution in [2.75, 3.05) is 0 Å². The van der Waals surface area contributed by atoms with E-state index in [2.05, 4.69) is 26.8 Å². The highest BCUT2D eigenvalue weighted by Crippen LogP contribution is 2.45. The van der Waals surface area contributed by atoms with Crippen LogP contribution in [-0.2, 0) is 0 Å². The molecule has 18 heavy (non-hydrogen) atoms. The summed E-state index contributed by atoms with van der Waals surface area (Å²) < 4.78 is 0. The zero-order valence-electron chi connectivity index (χ0n) is 12.6. The minimum absolute atomic E-state index is 0.849. The predicted molar refractivity (Wildman–Crippen MR) is 80.7 cm³/mol. The van der Waals surface area contributed by atoms with E-state index in [1.165, 1.54) is 57.8 Å². The summed E-state index contributed by atoms with van der Waals surface area (Å²) in [7, 11) is 0. The molecule has 0 saturated carbocycles. The second-order valence-corrected chi connectivity index (χ2v) is 6.08. The largest absolute Gasteiger partial charge is 0.0773 e. The topological polar surface area (TPSA) is 0 Å². The van der Waals surface area contributed by atoms with Gasteiger partial charge in [0.05, 0.1) is 0 Å². The van der Waals surface area contributed by atoms with Crippen LogP contribution in [0.3, 0.4) is 0 Å². The van der Waals surface area contributed by atoms with Gasteiger partial charge in [-0.1, -0.05) is 45.3 Å². The van der Waals surface area contributed by atoms with Crippen LogP contribution in [0.15, 0.2) is 22.8 Å². The first-order valence-corrected chi connectivity index (χ1v) is 8.24. The van der Waals surface area contributed by atoms with Crippen molar-refractivity contribution in [1.82, 2.24) is 0 Å². The minimum atomic E-state index is 0.849. The van der Waals surface area contributed by atoms with E-state index >= 15 is 0 Å². The Kier molecular flexibility index (Phi) is 5.09. The van der Waals surface area contributed by atoms with Gasteiger partial charge in [0.25, 0.3) is 0 Å². The van der Waals surface area contributed by atoms with Gasteiger partial charge in [0.15, 0.2) is 0 Å². The Labute approximate surface area is 114 Å². The zero-order chi connectivity index (χ0) is 13.0. The monoisotopic (exact) mass is 246 g/mol. The summed E-state index contributed by atoms with van der Waals surface area (Å²) in [5, 5.41) is 0. The Hall–Kier alpha value is -0.520. The van der Waals surface area contributed by atoms with Crippen LogP contribution in [0.25, 0.3) is 0 Å². The molecule has 2 atom stereocenters. The molecule has 0 aromatic heterocycles. The fourth-order valence-electron chi connectivity index (χ4n) is 4.04. The second-order valence-electron chi connectivity index (χ2n) is 6.08. The summed E-state index contributed by atoms with van der Waals surface area (Å²) in [4.78, 5) is 0. The van der Waals surface area contributed by atoms with E-state index in [4.69, 9.17) is 0 Å². The van der Waals surface area contributed by atoms with E-state index in [9.17, 15) is 0 Å². The Morgan fingerprint density at radius 3 is 2.56 bits per heavy atom. The molecule has 0 fully saturated rings. The van der Waals surface area contributed by atoms with Crippen molar-refractivity contribution in [2.24, 2.45) is 11.8 Å². The summed E-state index contributed by atoms with van der Waals surface area (Å²) in [6, 6.07) is 0. The molecule has 2 aliphatic rings. The van der Waals surface area contributed by atoms with Crippen LogP contribution in [0.2, 0.25) is 0 Å². The van der Waals surface area contributed by atoms with Crippen molar-refractivity contribution in [3.63, 3.8) is 0 Å². The smallest absolute Gasteiger partial charge is 0.0137 e. The van der Waals surface area contributed by atoms with Gasteiger partial charge in [0.2, 0.25) is 0 Å². The van der Waals surface area contributed by atoms with Crippen LogP contribution in [-0.4, -0.2) is 0 Å². The molecule has 2 rings (SSSR count). The second kappa shape index (κ2) is 6.59. The predicted octanol–water partition coefficient (Wildman–Crippen LogP) is 6.04. The van der Waals surface area contributed by atoms with E-state index in [-0.39, 0.29) is 0 Å². The number of unbranched alkanes of at least 4 members (excludes halogenated alkanes) is 1. The molecule has 0 heterocycles. The number of rotatable bonds is 5. The Morgan fingerprint density at radius 1 is 1.11 bits per heavy atom. The third kappa shape index (κ3) is 2.73. The average Bonchev–Trinajstić information content (AvgIpc) is 2.43. The number of hydrogen-bond acceptors (Lipinski definition) is 0. The van der Waals surface area contributed by atoms with Crippen molar-refractivity contribution in [1.29, 1.82) is 0 Å². The van der Waals surface area contributed by atoms with Gasteiger partial charge in [-0.2, -0.15) is 0 Å². The lowest BCUT2D eigenvalue weighted by Gasteiger charge is -2.37. The first-order valence-electron chi connectivity index (χ1n) is 8.24. The molecule has 0 saturated heterocycles. The van der Waals surface area contributed by atoms with E-state index < -0.39 is 0 Å². The first kappa shape index (κ1) is 13.9. The van der Waals surface area contributed by atoms with Gasteiger partial charge in [0.1, 0.15) is 0 Å². The molecule has 0 aromatic carbocycles. The van der Waals surface area contributed by atoms with Crippen molar-refractivity contribution in [3.05, 3.63) is 22.8 Å². The van der Waals surface area contributed by atoms with Crippen LogP contribution in [0, 0.1) is 11.8 Å². The Bertz CT molecular complexity index is 332. The molecule has 102 valence electrons. The minimum Gasteiger partial charge on any atom is -0.0773 e. The molecular formula is C18H30. The van der Waals surface area contributed by atoms with Gasteiger partial charge in [-0.25, -0.2) is 0 Å². The average molecular weight is 246 g/mol. The van der Waals surface area contributed by atoms with Gasteiger partial charge in [-0.05, 0) is 67.9 Å². The Morgan fingerprint density at radius 2 is 1.89 bits per heavy atom. The highest BCUT2D eigenvalue weighted by molar-refractivity contribution is 5.42. The molecule has 0 aromatic rings. The van der Waals surface area contributed by atoms with Gasteiger partial charge in [0, 0.05) is 0 Å². The number of allylic oxidation sites excluding steroid dienone is 4. The van der Waals surface area contributed by atoms with Gasteiger partial charge >= 0.3 is 0 Å². The van der Waals surface area contributed by atoms with Gasteiger partial charge < -0.3 is 0 Å². The standard InChI is InChI=1S/C18H30/c1-4-7-10-15-13-14(5-2)17-11-8-9-12-18(17)16(15)6-3/h13,15-16H,4-12H2,1-3H3/t15-,16-/m1/s1. The van der Waals surface area contributed by atoms with Crippen LogP contribution >= 0.6 is 0 Å². The quantitative estimate of drug-likeness (QED) is 0.555. The number of hydrogen-bond donors (Lipinski definition) is 0. The summed E-state index contributed by atoms with van der Waals surface area (Å²) in [5.74, 6) is 1.73. The Balaban J connectivity index is 2.24. The highest BCUT2D eigenvalue weighted by atomic mass is 14.4. The van der Waals surface area contributed by atoms with E-state index in [0.29, 0.717) is 0 Å². The summed E-state index contributed by atoms with van der Waals surface area (Å²) >= 11 is 0. The molecule has 0 N–H and O–H groups in total. The molecular weight excluding hydrogens is 216 g/mol. The molecule has 0 heteroatoms. The molecule has 0 radical (unpaired) electrons. The summed E-state index contributed by atoms with van der Waals surface area (Å²) in [6.07, 6.45) is 15.0. The van der Waals surface area contributed by atoms with Crippen molar-refractivity contribution in [2.45, 2.75) is 78.6 Å². The third-order valence-electron chi connectivity index (χ3n) is 4.99. The van der Waals surface area contributed by atoms with Crippen LogP contribution in [0.5, 0.6) is 0 Å². The SMILES string of the molecule is CCCC[C@@H]1C=C(CC)C2=C(CCCC2)[C@@H]1CC. The zero-order valence-corrected chi connectivity index (χ0v) is 12.6. The lowest BCUT2D eigenvalue weighted by molar-refractivity contribution is 0.371. The molecule has 0 aliphatic heterocycles. The maximum atomic E-state index is 2.66. The molecule has 0 spiro atoms. The normalized spacial score (nSPS) is 28.1. The third-order valence-corrected chi connectivity index (χ3v) is 4.99. The molecule has 0 unspecified atom stereocenters. The van der Waals surface area contributed by atoms with Crippen molar-refractivity contribution < 1.29 is 0 Å². The lowest BCUT2D eigenvalue weighted by atomic mass is 9.68. The van der Waals surface area contributed by atoms with Gasteiger partial charge in [-0.15, -0.1) is 0 Å². The summed E-state index contributed by atoms with van der Waals surface area (Å²) in [5.41, 5.74) is 5.35. The van der Waals surface area contributed by atoms with E-state index in [1.807, 2.05) is 5.57 Å². The maximum absolute atomic E-state index is 2.66. The van der Waals surface area contributed by atoms with E-state index in [1.54, 1.807) is 11.1 Å². The molecule has 0 nitrogen and oxygen atoms in total. The lowest BCUT2D eigenvalue weighted by Crippen LogP contribution is -2.23. The molecule has 0 bridgehead atoms. The highest BCUT2D eigenvalue weighted by Gasteiger charge is 2.30. The van der Waals surface area contributed by atoms with Gasteiger partial charge in [-0.3, -0.25) is 0 Å². The summed E-state index contributed by atoms with van der Waals surface area (Å²) in [6.45, 7) is 7.06. The fraction of sp³-hybridized carbons (Fsp3) is 0.778. The van der Waals surface area contributed by atoms with Crippen LogP contribution in [0.1, 0.15) is 78.6 Å². The van der Waals surface area contributed by atoms with Crippen LogP contribution in [0.4, 0.5) is 0 Å². The van der Waals surface area contributed by atoms with Crippen molar-refractivity contribution >= 4 is 0 Å². The molecule has 0 amide bonds. The van der Waals surface area contributed by atoms with E-state index in [0.717, 1.165) is 11.8 Å². The fourth-order valence-corrected chi connectivity index (χ4v) is 4.04. The molecule has 2 aliphatic carbocycles. The van der Waals surface area contributed by atoms with Crippen molar-refractivity contribution in [3.8, 4) is 0 Å². The maximum Gasteiger partial charge on any atom is -0.0137 e. The van der Waals surface area contributed by atoms with Crippen LogP contribution < -0.4 is 0 Å².